The number of nitrogens with one attached hydrogen (secondary N) is 2. The van der Waals surface area contributed by atoms with Crippen LogP contribution in [0.25, 0.3) is 0 Å². The highest BCUT2D eigenvalue weighted by Crippen LogP contribution is 2.17. The summed E-state index contributed by atoms with van der Waals surface area (Å²) in [4.78, 5) is 0. The normalized spacial score (nSPS) is 16.8. The molecule has 92 valence electrons. The molecule has 0 atom stereocenters. The number of benzene rings is 1. The highest BCUT2D eigenvalue weighted by molar-refractivity contribution is 6.09. The third kappa shape index (κ3) is 3.20. The monoisotopic (exact) mass is 238 g/mol. The average Bonchev–Trinajstić information content (AvgIpc) is 2.41. The molecule has 0 aromatic heterocycles. The fourth-order valence-electron chi connectivity index (χ4n) is 1.98. The molecule has 2 rings (SSSR count). The molecular weight excluding hydrogens is 220 g/mol. The van der Waals surface area contributed by atoms with Crippen LogP contribution in [0.1, 0.15) is 12.0 Å². The van der Waals surface area contributed by atoms with Gasteiger partial charge in [0.25, 0.3) is 0 Å². The summed E-state index contributed by atoms with van der Waals surface area (Å²) in [6.45, 7) is 0. The van der Waals surface area contributed by atoms with Gasteiger partial charge in [0, 0.05) is 18.8 Å². The van der Waals surface area contributed by atoms with Crippen molar-refractivity contribution in [3.05, 3.63) is 71.5 Å². The molecule has 0 unspecified atom stereocenters. The molecule has 18 heavy (non-hydrogen) atoms. The van der Waals surface area contributed by atoms with E-state index in [1.807, 2.05) is 31.5 Å². The SMILES string of the molecule is CN/C=C1/C=C(CCc2ccccc2)C=CC1=N. The maximum atomic E-state index is 7.80. The van der Waals surface area contributed by atoms with Crippen molar-refractivity contribution >= 4 is 5.71 Å². The van der Waals surface area contributed by atoms with Gasteiger partial charge in [0.15, 0.2) is 0 Å². The summed E-state index contributed by atoms with van der Waals surface area (Å²) in [5.41, 5.74) is 4.14. The lowest BCUT2D eigenvalue weighted by molar-refractivity contribution is 0.962. The molecule has 1 aromatic rings. The third-order valence-electron chi connectivity index (χ3n) is 2.96. The van der Waals surface area contributed by atoms with E-state index in [1.54, 1.807) is 0 Å². The minimum Gasteiger partial charge on any atom is -0.393 e. The summed E-state index contributed by atoms with van der Waals surface area (Å²) < 4.78 is 0. The lowest BCUT2D eigenvalue weighted by Crippen LogP contribution is -2.06. The van der Waals surface area contributed by atoms with E-state index in [0.717, 1.165) is 18.4 Å². The predicted octanol–water partition coefficient (Wildman–Crippen LogP) is 3.24. The molecule has 1 aliphatic carbocycles. The Morgan fingerprint density at radius 2 is 1.89 bits per heavy atom. The molecule has 2 heteroatoms. The molecule has 0 fully saturated rings. The van der Waals surface area contributed by atoms with E-state index < -0.39 is 0 Å². The van der Waals surface area contributed by atoms with Crippen LogP contribution >= 0.6 is 0 Å². The molecule has 1 aliphatic rings. The Morgan fingerprint density at radius 3 is 2.61 bits per heavy atom. The molecule has 0 saturated heterocycles. The molecule has 0 aliphatic heterocycles. The second kappa shape index (κ2) is 6.01. The van der Waals surface area contributed by atoms with Crippen molar-refractivity contribution in [3.63, 3.8) is 0 Å². The van der Waals surface area contributed by atoms with E-state index in [-0.39, 0.29) is 0 Å². The molecule has 2 N–H and O–H groups in total. The Balaban J connectivity index is 2.02. The number of rotatable bonds is 4. The first-order chi connectivity index (χ1) is 8.79. The Labute approximate surface area is 108 Å². The number of hydrogen-bond donors (Lipinski definition) is 2. The first-order valence-corrected chi connectivity index (χ1v) is 6.18. The van der Waals surface area contributed by atoms with E-state index in [2.05, 4.69) is 35.7 Å². The van der Waals surface area contributed by atoms with Gasteiger partial charge in [-0.15, -0.1) is 0 Å². The second-order valence-corrected chi connectivity index (χ2v) is 4.34. The Kier molecular flexibility index (Phi) is 4.13. The largest absolute Gasteiger partial charge is 0.393 e. The lowest BCUT2D eigenvalue weighted by atomic mass is 9.96. The van der Waals surface area contributed by atoms with Crippen LogP contribution in [0.3, 0.4) is 0 Å². The van der Waals surface area contributed by atoms with Crippen molar-refractivity contribution in [2.45, 2.75) is 12.8 Å². The summed E-state index contributed by atoms with van der Waals surface area (Å²) in [6.07, 6.45) is 9.91. The van der Waals surface area contributed by atoms with Crippen LogP contribution in [0.4, 0.5) is 0 Å². The van der Waals surface area contributed by atoms with Crippen LogP contribution in [0.5, 0.6) is 0 Å². The lowest BCUT2D eigenvalue weighted by Gasteiger charge is -2.11. The molecular formula is C16H18N2. The third-order valence-corrected chi connectivity index (χ3v) is 2.96. The number of hydrogen-bond acceptors (Lipinski definition) is 2. The highest BCUT2D eigenvalue weighted by atomic mass is 14.8. The van der Waals surface area contributed by atoms with Crippen molar-refractivity contribution in [1.29, 1.82) is 5.41 Å². The van der Waals surface area contributed by atoms with Crippen LogP contribution in [0.15, 0.2) is 65.9 Å². The van der Waals surface area contributed by atoms with Gasteiger partial charge >= 0.3 is 0 Å². The van der Waals surface area contributed by atoms with Gasteiger partial charge in [0.2, 0.25) is 0 Å². The van der Waals surface area contributed by atoms with Gasteiger partial charge in [-0.3, -0.25) is 0 Å². The second-order valence-electron chi connectivity index (χ2n) is 4.34. The molecule has 0 spiro atoms. The maximum absolute atomic E-state index is 7.80. The van der Waals surface area contributed by atoms with E-state index >= 15 is 0 Å². The van der Waals surface area contributed by atoms with E-state index in [0.29, 0.717) is 5.71 Å². The van der Waals surface area contributed by atoms with Gasteiger partial charge in [-0.1, -0.05) is 36.4 Å². The molecule has 0 radical (unpaired) electrons. The fourth-order valence-corrected chi connectivity index (χ4v) is 1.98. The number of aryl methyl sites for hydroxylation is 1. The Morgan fingerprint density at radius 1 is 1.11 bits per heavy atom. The van der Waals surface area contributed by atoms with Crippen molar-refractivity contribution in [2.24, 2.45) is 0 Å². The zero-order chi connectivity index (χ0) is 12.8. The van der Waals surface area contributed by atoms with Gasteiger partial charge < -0.3 is 10.7 Å². The van der Waals surface area contributed by atoms with E-state index in [1.165, 1.54) is 11.1 Å². The van der Waals surface area contributed by atoms with Gasteiger partial charge in [0.05, 0.1) is 5.71 Å². The molecule has 0 saturated carbocycles. The maximum Gasteiger partial charge on any atom is 0.0626 e. The van der Waals surface area contributed by atoms with Crippen LogP contribution in [-0.2, 0) is 6.42 Å². The molecule has 0 amide bonds. The van der Waals surface area contributed by atoms with Crippen LogP contribution in [0, 0.1) is 5.41 Å². The van der Waals surface area contributed by atoms with Gasteiger partial charge in [-0.25, -0.2) is 0 Å². The summed E-state index contributed by atoms with van der Waals surface area (Å²) in [5, 5.41) is 10.8. The van der Waals surface area contributed by atoms with Gasteiger partial charge in [0.1, 0.15) is 0 Å². The summed E-state index contributed by atoms with van der Waals surface area (Å²) in [6, 6.07) is 10.5. The van der Waals surface area contributed by atoms with Gasteiger partial charge in [-0.05, 0) is 36.1 Å². The quantitative estimate of drug-likeness (QED) is 0.830. The molecule has 2 nitrogen and oxygen atoms in total. The number of allylic oxidation sites excluding steroid dienone is 5. The van der Waals surface area contributed by atoms with Crippen LogP contribution in [0.2, 0.25) is 0 Å². The standard InChI is InChI=1S/C16H18N2/c1-18-12-15-11-14(9-10-16(15)17)8-7-13-5-3-2-4-6-13/h2-6,9-12,17-18H,7-8H2,1H3/b15-12-,17-16?. The minimum atomic E-state index is 0.563. The van der Waals surface area contributed by atoms with Crippen molar-refractivity contribution < 1.29 is 0 Å². The van der Waals surface area contributed by atoms with Crippen molar-refractivity contribution in [2.75, 3.05) is 7.05 Å². The average molecular weight is 238 g/mol. The molecule has 0 heterocycles. The molecule has 0 bridgehead atoms. The highest BCUT2D eigenvalue weighted by Gasteiger charge is 2.06. The zero-order valence-electron chi connectivity index (χ0n) is 10.6. The minimum absolute atomic E-state index is 0.563. The first-order valence-electron chi connectivity index (χ1n) is 6.18. The van der Waals surface area contributed by atoms with E-state index in [9.17, 15) is 0 Å². The van der Waals surface area contributed by atoms with Crippen LogP contribution in [-0.4, -0.2) is 12.8 Å². The predicted molar refractivity (Wildman–Crippen MR) is 76.9 cm³/mol. The smallest absolute Gasteiger partial charge is 0.0626 e. The zero-order valence-corrected chi connectivity index (χ0v) is 10.6. The summed E-state index contributed by atoms with van der Waals surface area (Å²) in [5.74, 6) is 0. The Bertz CT molecular complexity index is 507. The summed E-state index contributed by atoms with van der Waals surface area (Å²) >= 11 is 0. The van der Waals surface area contributed by atoms with Crippen molar-refractivity contribution in [3.8, 4) is 0 Å². The van der Waals surface area contributed by atoms with Crippen LogP contribution < -0.4 is 5.32 Å². The summed E-state index contributed by atoms with van der Waals surface area (Å²) in [7, 11) is 1.86. The Hall–Kier alpha value is -2.09. The van der Waals surface area contributed by atoms with E-state index in [4.69, 9.17) is 5.41 Å². The molecule has 1 aromatic carbocycles. The first kappa shape index (κ1) is 12.4. The van der Waals surface area contributed by atoms with Gasteiger partial charge in [-0.2, -0.15) is 0 Å². The topological polar surface area (TPSA) is 35.9 Å². The fraction of sp³-hybridized carbons (Fsp3) is 0.188. The van der Waals surface area contributed by atoms with Crippen molar-refractivity contribution in [1.82, 2.24) is 5.32 Å².